The SMILES string of the molecule is C[C@@H]1CCC[C@H](C)N1C(=O)N1CSC[C@H]1C(=O)O. The summed E-state index contributed by atoms with van der Waals surface area (Å²) in [6.07, 6.45) is 3.16. The Bertz CT molecular complexity index is 340. The average molecular weight is 272 g/mol. The number of thioether (sulfide) groups is 1. The number of hydrogen-bond acceptors (Lipinski definition) is 3. The van der Waals surface area contributed by atoms with Crippen LogP contribution in [0.4, 0.5) is 4.79 Å². The van der Waals surface area contributed by atoms with E-state index in [1.165, 1.54) is 16.7 Å². The molecule has 2 rings (SSSR count). The first-order valence-electron chi connectivity index (χ1n) is 6.42. The fourth-order valence-electron chi connectivity index (χ4n) is 2.78. The maximum absolute atomic E-state index is 12.5. The highest BCUT2D eigenvalue weighted by Gasteiger charge is 2.40. The van der Waals surface area contributed by atoms with E-state index in [2.05, 4.69) is 0 Å². The van der Waals surface area contributed by atoms with Crippen LogP contribution in [0.1, 0.15) is 33.1 Å². The Hall–Kier alpha value is -0.910. The Kier molecular flexibility index (Phi) is 4.04. The first-order chi connectivity index (χ1) is 8.52. The molecule has 2 amide bonds. The smallest absolute Gasteiger partial charge is 0.327 e. The maximum Gasteiger partial charge on any atom is 0.327 e. The minimum Gasteiger partial charge on any atom is -0.480 e. The molecule has 1 N–H and O–H groups in total. The van der Waals surface area contributed by atoms with Crippen LogP contribution in [0.2, 0.25) is 0 Å². The molecule has 2 aliphatic heterocycles. The second kappa shape index (κ2) is 5.38. The van der Waals surface area contributed by atoms with Gasteiger partial charge in [0.2, 0.25) is 0 Å². The van der Waals surface area contributed by atoms with E-state index in [4.69, 9.17) is 5.11 Å². The Labute approximate surface area is 112 Å². The first kappa shape index (κ1) is 13.5. The summed E-state index contributed by atoms with van der Waals surface area (Å²) in [5.41, 5.74) is 0. The van der Waals surface area contributed by atoms with E-state index in [0.717, 1.165) is 19.3 Å². The van der Waals surface area contributed by atoms with Gasteiger partial charge >= 0.3 is 12.0 Å². The van der Waals surface area contributed by atoms with E-state index in [9.17, 15) is 9.59 Å². The van der Waals surface area contributed by atoms with Crippen molar-refractivity contribution in [2.24, 2.45) is 0 Å². The lowest BCUT2D eigenvalue weighted by atomic mass is 9.98. The lowest BCUT2D eigenvalue weighted by molar-refractivity contribution is -0.141. The van der Waals surface area contributed by atoms with Crippen LogP contribution in [0, 0.1) is 0 Å². The van der Waals surface area contributed by atoms with Crippen LogP contribution in [-0.2, 0) is 4.79 Å². The number of carboxylic acids is 1. The monoisotopic (exact) mass is 272 g/mol. The van der Waals surface area contributed by atoms with Gasteiger partial charge in [0, 0.05) is 17.8 Å². The van der Waals surface area contributed by atoms with Crippen molar-refractivity contribution in [2.75, 3.05) is 11.6 Å². The molecule has 0 bridgehead atoms. The highest BCUT2D eigenvalue weighted by Crippen LogP contribution is 2.28. The van der Waals surface area contributed by atoms with Crippen molar-refractivity contribution < 1.29 is 14.7 Å². The lowest BCUT2D eigenvalue weighted by Crippen LogP contribution is -2.55. The van der Waals surface area contributed by atoms with Gasteiger partial charge in [-0.05, 0) is 33.1 Å². The zero-order chi connectivity index (χ0) is 13.3. The molecule has 0 aliphatic carbocycles. The van der Waals surface area contributed by atoms with Gasteiger partial charge in [0.05, 0.1) is 5.88 Å². The zero-order valence-corrected chi connectivity index (χ0v) is 11.7. The molecule has 0 unspecified atom stereocenters. The largest absolute Gasteiger partial charge is 0.480 e. The molecule has 0 aromatic heterocycles. The molecule has 0 saturated carbocycles. The molecule has 0 radical (unpaired) electrons. The van der Waals surface area contributed by atoms with Gasteiger partial charge in [-0.2, -0.15) is 0 Å². The minimum atomic E-state index is -0.898. The molecular weight excluding hydrogens is 252 g/mol. The highest BCUT2D eigenvalue weighted by molar-refractivity contribution is 7.99. The normalized spacial score (nSPS) is 32.7. The highest BCUT2D eigenvalue weighted by atomic mass is 32.2. The molecule has 0 spiro atoms. The van der Waals surface area contributed by atoms with Gasteiger partial charge in [-0.25, -0.2) is 9.59 Å². The van der Waals surface area contributed by atoms with E-state index >= 15 is 0 Å². The van der Waals surface area contributed by atoms with E-state index in [-0.39, 0.29) is 18.1 Å². The second-order valence-corrected chi connectivity index (χ2v) is 6.14. The molecule has 2 aliphatic rings. The summed E-state index contributed by atoms with van der Waals surface area (Å²) in [5.74, 6) is 0.0920. The van der Waals surface area contributed by atoms with Crippen molar-refractivity contribution in [1.82, 2.24) is 9.80 Å². The number of carbonyl (C=O) groups is 2. The Morgan fingerprint density at radius 3 is 2.39 bits per heavy atom. The van der Waals surface area contributed by atoms with Gasteiger partial charge in [-0.3, -0.25) is 0 Å². The van der Waals surface area contributed by atoms with Gasteiger partial charge in [0.15, 0.2) is 0 Å². The Morgan fingerprint density at radius 2 is 1.83 bits per heavy atom. The molecule has 6 heteroatoms. The molecule has 18 heavy (non-hydrogen) atoms. The van der Waals surface area contributed by atoms with Gasteiger partial charge < -0.3 is 14.9 Å². The van der Waals surface area contributed by atoms with Crippen molar-refractivity contribution in [2.45, 2.75) is 51.2 Å². The number of likely N-dealkylation sites (tertiary alicyclic amines) is 1. The molecule has 2 saturated heterocycles. The van der Waals surface area contributed by atoms with Crippen molar-refractivity contribution in [3.63, 3.8) is 0 Å². The molecule has 0 aromatic carbocycles. The number of carboxylic acid groups (broad SMARTS) is 1. The minimum absolute atomic E-state index is 0.105. The number of aliphatic carboxylic acids is 1. The van der Waals surface area contributed by atoms with Crippen LogP contribution in [-0.4, -0.2) is 56.7 Å². The van der Waals surface area contributed by atoms with Crippen LogP contribution >= 0.6 is 11.8 Å². The quantitative estimate of drug-likeness (QED) is 0.791. The lowest BCUT2D eigenvalue weighted by Gasteiger charge is -2.41. The standard InChI is InChI=1S/C12H20N2O3S/c1-8-4-3-5-9(2)14(8)12(17)13-7-18-6-10(13)11(15)16/h8-10H,3-7H2,1-2H3,(H,15,16)/t8-,9+,10-/m0/s1. The summed E-state index contributed by atoms with van der Waals surface area (Å²) in [7, 11) is 0. The third-order valence-corrected chi connectivity index (χ3v) is 4.84. The first-order valence-corrected chi connectivity index (χ1v) is 7.57. The van der Waals surface area contributed by atoms with Gasteiger partial charge in [0.1, 0.15) is 6.04 Å². The molecule has 3 atom stereocenters. The fraction of sp³-hybridized carbons (Fsp3) is 0.833. The fourth-order valence-corrected chi connectivity index (χ4v) is 3.92. The molecule has 0 aromatic rings. The van der Waals surface area contributed by atoms with Gasteiger partial charge in [-0.15, -0.1) is 11.8 Å². The predicted molar refractivity (Wildman–Crippen MR) is 70.6 cm³/mol. The van der Waals surface area contributed by atoms with Crippen molar-refractivity contribution >= 4 is 23.8 Å². The van der Waals surface area contributed by atoms with E-state index in [1.807, 2.05) is 18.7 Å². The van der Waals surface area contributed by atoms with Crippen molar-refractivity contribution in [3.8, 4) is 0 Å². The summed E-state index contributed by atoms with van der Waals surface area (Å²) < 4.78 is 0. The number of amides is 2. The van der Waals surface area contributed by atoms with Crippen LogP contribution < -0.4 is 0 Å². The number of urea groups is 1. The molecule has 102 valence electrons. The third kappa shape index (κ3) is 2.43. The second-order valence-electron chi connectivity index (χ2n) is 5.14. The summed E-state index contributed by atoms with van der Waals surface area (Å²) in [6.45, 7) is 4.10. The topological polar surface area (TPSA) is 60.9 Å². The molecule has 2 heterocycles. The van der Waals surface area contributed by atoms with E-state index in [1.54, 1.807) is 0 Å². The van der Waals surface area contributed by atoms with Gasteiger partial charge in [-0.1, -0.05) is 0 Å². The molecular formula is C12H20N2O3S. The third-order valence-electron chi connectivity index (χ3n) is 3.83. The van der Waals surface area contributed by atoms with Gasteiger partial charge in [0.25, 0.3) is 0 Å². The molecule has 5 nitrogen and oxygen atoms in total. The predicted octanol–water partition coefficient (Wildman–Crippen LogP) is 1.83. The summed E-state index contributed by atoms with van der Waals surface area (Å²) >= 11 is 1.51. The van der Waals surface area contributed by atoms with Crippen LogP contribution in [0.3, 0.4) is 0 Å². The van der Waals surface area contributed by atoms with E-state index < -0.39 is 12.0 Å². The van der Waals surface area contributed by atoms with E-state index in [0.29, 0.717) is 11.6 Å². The molecule has 2 fully saturated rings. The van der Waals surface area contributed by atoms with Crippen molar-refractivity contribution in [3.05, 3.63) is 0 Å². The number of rotatable bonds is 1. The number of hydrogen-bond donors (Lipinski definition) is 1. The van der Waals surface area contributed by atoms with Crippen LogP contribution in [0.25, 0.3) is 0 Å². The summed E-state index contributed by atoms with van der Waals surface area (Å²) in [6, 6.07) is -0.349. The van der Waals surface area contributed by atoms with Crippen LogP contribution in [0.15, 0.2) is 0 Å². The number of piperidine rings is 1. The maximum atomic E-state index is 12.5. The van der Waals surface area contributed by atoms with Crippen LogP contribution in [0.5, 0.6) is 0 Å². The number of carbonyl (C=O) groups excluding carboxylic acids is 1. The Morgan fingerprint density at radius 1 is 1.22 bits per heavy atom. The number of nitrogens with zero attached hydrogens (tertiary/aromatic N) is 2. The summed E-state index contributed by atoms with van der Waals surface area (Å²) in [4.78, 5) is 27.0. The average Bonchev–Trinajstić information content (AvgIpc) is 2.77. The van der Waals surface area contributed by atoms with Crippen molar-refractivity contribution in [1.29, 1.82) is 0 Å². The summed E-state index contributed by atoms with van der Waals surface area (Å²) in [5, 5.41) is 9.14. The zero-order valence-electron chi connectivity index (χ0n) is 10.8. The Balaban J connectivity index is 2.12.